The first-order chi connectivity index (χ1) is 15.9. The zero-order valence-electron chi connectivity index (χ0n) is 19.8. The third-order valence-corrected chi connectivity index (χ3v) is 7.30. The average molecular weight is 591 g/mol. The first kappa shape index (κ1) is 35.5. The minimum Gasteiger partial charge on any atom is -0.324 e. The summed E-state index contributed by atoms with van der Waals surface area (Å²) >= 11 is 4.47. The Balaban J connectivity index is 5.41. The number of hydrogen-bond acceptors (Lipinski definition) is 4. The summed E-state index contributed by atoms with van der Waals surface area (Å²) in [6, 6.07) is 0. The van der Waals surface area contributed by atoms with Crippen LogP contribution in [0.15, 0.2) is 4.99 Å². The molecule has 0 aromatic heterocycles. The molecule has 0 saturated heterocycles. The molecule has 2 nitrogen and oxygen atoms in total. The van der Waals surface area contributed by atoms with E-state index in [0.717, 1.165) is 0 Å². The quantitative estimate of drug-likeness (QED) is 0.0979. The molecule has 0 aliphatic carbocycles. The molecule has 0 aromatic rings. The molecule has 0 aliphatic heterocycles. The number of thioether (sulfide) groups is 1. The highest BCUT2D eigenvalue weighted by Gasteiger charge is 2.75. The van der Waals surface area contributed by atoms with Crippen molar-refractivity contribution in [3.63, 3.8) is 0 Å². The highest BCUT2D eigenvalue weighted by atomic mass is 32.2. The Hall–Kier alpha value is -0.510. The first-order valence-electron chi connectivity index (χ1n) is 10.7. The van der Waals surface area contributed by atoms with Gasteiger partial charge in [-0.15, -0.1) is 11.8 Å². The second kappa shape index (κ2) is 12.6. The highest BCUT2D eigenvalue weighted by Crippen LogP contribution is 2.58. The Morgan fingerprint density at radius 2 is 1.17 bits per heavy atom. The van der Waals surface area contributed by atoms with Gasteiger partial charge in [-0.25, -0.2) is 0 Å². The normalized spacial score (nSPS) is 15.5. The topological polar surface area (TPSA) is 38.4 Å². The lowest BCUT2D eigenvalue weighted by molar-refractivity contribution is -0.361. The molecular formula is C20H30F12N2S2. The van der Waals surface area contributed by atoms with Crippen LogP contribution in [0.2, 0.25) is 0 Å². The maximum absolute atomic E-state index is 13.6. The van der Waals surface area contributed by atoms with Gasteiger partial charge in [0.25, 0.3) is 0 Å². The third kappa shape index (κ3) is 7.76. The lowest BCUT2D eigenvalue weighted by Crippen LogP contribution is -2.66. The summed E-state index contributed by atoms with van der Waals surface area (Å²) < 4.78 is 163. The molecule has 0 unspecified atom stereocenters. The molecule has 36 heavy (non-hydrogen) atoms. The lowest BCUT2D eigenvalue weighted by atomic mass is 9.67. The number of unbranched alkanes of at least 4 members (excludes halogenated alkanes) is 2. The van der Waals surface area contributed by atoms with Crippen LogP contribution in [0.5, 0.6) is 0 Å². The summed E-state index contributed by atoms with van der Waals surface area (Å²) in [4.78, 5) is 3.41. The molecular weight excluding hydrogens is 560 g/mol. The molecule has 0 saturated carbocycles. The molecule has 216 valence electrons. The molecule has 16 heteroatoms. The fraction of sp³-hybridized carbons (Fsp3) is 0.950. The summed E-state index contributed by atoms with van der Waals surface area (Å²) in [7, 11) is 0. The SMILES string of the molecule is CC(=NCSCCCCC(C(C)(C)N)(C(F)(F)F)C(F)(F)F)C(CCCCS)(C(F)(F)F)C(F)(F)F. The van der Waals surface area contributed by atoms with Crippen LogP contribution < -0.4 is 5.73 Å². The number of hydrogen-bond donors (Lipinski definition) is 2. The van der Waals surface area contributed by atoms with Gasteiger partial charge in [0.15, 0.2) is 10.8 Å². The summed E-state index contributed by atoms with van der Waals surface area (Å²) in [5, 5.41) is 0. The number of halogens is 12. The van der Waals surface area contributed by atoms with Crippen LogP contribution in [0.4, 0.5) is 52.7 Å². The number of alkyl halides is 12. The molecule has 0 atom stereocenters. The predicted octanol–water partition coefficient (Wildman–Crippen LogP) is 8.37. The van der Waals surface area contributed by atoms with Gasteiger partial charge in [-0.05, 0) is 58.0 Å². The van der Waals surface area contributed by atoms with E-state index in [0.29, 0.717) is 32.5 Å². The minimum absolute atomic E-state index is 0.00992. The van der Waals surface area contributed by atoms with E-state index in [4.69, 9.17) is 5.73 Å². The van der Waals surface area contributed by atoms with Crippen molar-refractivity contribution in [2.45, 2.75) is 89.5 Å². The van der Waals surface area contributed by atoms with Crippen molar-refractivity contribution in [3.8, 4) is 0 Å². The summed E-state index contributed by atoms with van der Waals surface area (Å²) in [6.07, 6.45) is -26.7. The van der Waals surface area contributed by atoms with Crippen molar-refractivity contribution in [2.24, 2.45) is 21.6 Å². The van der Waals surface area contributed by atoms with Gasteiger partial charge in [-0.2, -0.15) is 65.3 Å². The van der Waals surface area contributed by atoms with Gasteiger partial charge in [0.2, 0.25) is 0 Å². The largest absolute Gasteiger partial charge is 0.408 e. The van der Waals surface area contributed by atoms with Crippen LogP contribution >= 0.6 is 24.4 Å². The average Bonchev–Trinajstić information content (AvgIpc) is 2.61. The summed E-state index contributed by atoms with van der Waals surface area (Å²) in [6.45, 7) is 1.83. The molecule has 2 N–H and O–H groups in total. The fourth-order valence-electron chi connectivity index (χ4n) is 3.97. The van der Waals surface area contributed by atoms with Crippen LogP contribution in [0.1, 0.15) is 59.3 Å². The molecule has 0 aromatic carbocycles. The third-order valence-electron chi connectivity index (χ3n) is 6.10. The van der Waals surface area contributed by atoms with Gasteiger partial charge in [0.1, 0.15) is 0 Å². The van der Waals surface area contributed by atoms with Crippen LogP contribution in [0, 0.1) is 10.8 Å². The number of rotatable bonds is 13. The lowest BCUT2D eigenvalue weighted by Gasteiger charge is -2.46. The van der Waals surface area contributed by atoms with Crippen molar-refractivity contribution in [1.29, 1.82) is 0 Å². The minimum atomic E-state index is -5.70. The van der Waals surface area contributed by atoms with Crippen LogP contribution in [-0.2, 0) is 0 Å². The Kier molecular flexibility index (Phi) is 12.4. The van der Waals surface area contributed by atoms with Gasteiger partial charge in [-0.1, -0.05) is 12.8 Å². The monoisotopic (exact) mass is 590 g/mol. The number of nitrogens with two attached hydrogens (primary N) is 1. The van der Waals surface area contributed by atoms with Crippen molar-refractivity contribution >= 4 is 30.1 Å². The van der Waals surface area contributed by atoms with E-state index in [1.165, 1.54) is 0 Å². The standard InChI is InChI=1S/C20H30F12N2S2/c1-13(15(17(21,22)23,18(24,25)26)8-4-6-10-35)34-12-36-11-7-5-9-16(14(2,3)33,19(27,28)29)20(30,31)32/h35H,4-12,33H2,1-3H3. The van der Waals surface area contributed by atoms with E-state index in [1.807, 2.05) is 0 Å². The van der Waals surface area contributed by atoms with Crippen molar-refractivity contribution < 1.29 is 52.7 Å². The summed E-state index contributed by atoms with van der Waals surface area (Å²) in [5.41, 5.74) is -7.00. The van der Waals surface area contributed by atoms with E-state index in [1.54, 1.807) is 0 Å². The van der Waals surface area contributed by atoms with Gasteiger partial charge < -0.3 is 5.73 Å². The Morgan fingerprint density at radius 3 is 1.53 bits per heavy atom. The molecule has 0 spiro atoms. The van der Waals surface area contributed by atoms with E-state index >= 15 is 0 Å². The van der Waals surface area contributed by atoms with E-state index in [9.17, 15) is 52.7 Å². The molecule has 0 amide bonds. The first-order valence-corrected chi connectivity index (χ1v) is 12.5. The van der Waals surface area contributed by atoms with Crippen LogP contribution in [0.3, 0.4) is 0 Å². The Labute approximate surface area is 211 Å². The predicted molar refractivity (Wildman–Crippen MR) is 119 cm³/mol. The van der Waals surface area contributed by atoms with Gasteiger partial charge >= 0.3 is 24.7 Å². The van der Waals surface area contributed by atoms with Crippen LogP contribution in [0.25, 0.3) is 0 Å². The zero-order chi connectivity index (χ0) is 28.9. The second-order valence-electron chi connectivity index (χ2n) is 8.94. The molecule has 0 aliphatic rings. The van der Waals surface area contributed by atoms with E-state index < -0.39 is 78.3 Å². The highest BCUT2D eigenvalue weighted by molar-refractivity contribution is 7.99. The molecule has 0 radical (unpaired) electrons. The maximum Gasteiger partial charge on any atom is 0.408 e. The van der Waals surface area contributed by atoms with Crippen molar-refractivity contribution in [3.05, 3.63) is 0 Å². The number of nitrogens with zero attached hydrogens (tertiary/aromatic N) is 1. The van der Waals surface area contributed by atoms with Gasteiger partial charge in [0.05, 0.1) is 5.88 Å². The Bertz CT molecular complexity index is 654. The number of aliphatic imine (C=N–C) groups is 1. The van der Waals surface area contributed by atoms with Gasteiger partial charge in [0, 0.05) is 11.3 Å². The molecule has 0 rings (SSSR count). The van der Waals surface area contributed by atoms with Crippen molar-refractivity contribution in [1.82, 2.24) is 0 Å². The van der Waals surface area contributed by atoms with Gasteiger partial charge in [-0.3, -0.25) is 4.99 Å². The van der Waals surface area contributed by atoms with Crippen LogP contribution in [-0.4, -0.2) is 53.3 Å². The molecule has 0 heterocycles. The number of thiol groups is 1. The summed E-state index contributed by atoms with van der Waals surface area (Å²) in [5.74, 6) is -0.639. The van der Waals surface area contributed by atoms with E-state index in [2.05, 4.69) is 17.6 Å². The molecule has 0 bridgehead atoms. The smallest absolute Gasteiger partial charge is 0.324 e. The van der Waals surface area contributed by atoms with E-state index in [-0.39, 0.29) is 24.3 Å². The molecule has 0 fully saturated rings. The Morgan fingerprint density at radius 1 is 0.722 bits per heavy atom. The fourth-order valence-corrected chi connectivity index (χ4v) is 5.02. The zero-order valence-corrected chi connectivity index (χ0v) is 21.5. The second-order valence-corrected chi connectivity index (χ2v) is 10.5. The van der Waals surface area contributed by atoms with Crippen molar-refractivity contribution in [2.75, 3.05) is 17.4 Å². The maximum atomic E-state index is 13.6.